The summed E-state index contributed by atoms with van der Waals surface area (Å²) in [7, 11) is 1.80. The fourth-order valence-electron chi connectivity index (χ4n) is 5.15. The van der Waals surface area contributed by atoms with Gasteiger partial charge in [-0.05, 0) is 103 Å². The molecule has 0 aliphatic heterocycles. The summed E-state index contributed by atoms with van der Waals surface area (Å²) in [5.74, 6) is 0.902. The molecule has 268 valence electrons. The number of pyridine rings is 1. The van der Waals surface area contributed by atoms with E-state index in [1.807, 2.05) is 37.4 Å². The van der Waals surface area contributed by atoms with E-state index in [-0.39, 0.29) is 36.6 Å². The van der Waals surface area contributed by atoms with Crippen molar-refractivity contribution in [1.82, 2.24) is 20.5 Å². The number of nitrogens with zero attached hydrogens (tertiary/aromatic N) is 3. The Hall–Kier alpha value is -3.84. The highest BCUT2D eigenvalue weighted by atomic mass is 127. The molecule has 2 amide bonds. The zero-order valence-electron chi connectivity index (χ0n) is 30.1. The van der Waals surface area contributed by atoms with Crippen LogP contribution in [-0.2, 0) is 6.54 Å². The van der Waals surface area contributed by atoms with Crippen molar-refractivity contribution < 1.29 is 9.18 Å². The molecule has 0 bridgehead atoms. The lowest BCUT2D eigenvalue weighted by atomic mass is 9.98. The summed E-state index contributed by atoms with van der Waals surface area (Å²) in [6.45, 7) is 17.1. The van der Waals surface area contributed by atoms with Gasteiger partial charge in [0.1, 0.15) is 4.83 Å². The molecule has 0 saturated carbocycles. The van der Waals surface area contributed by atoms with Crippen LogP contribution in [0.1, 0.15) is 66.4 Å². The van der Waals surface area contributed by atoms with Crippen molar-refractivity contribution in [3.05, 3.63) is 115 Å². The van der Waals surface area contributed by atoms with Crippen molar-refractivity contribution in [3.63, 3.8) is 0 Å². The van der Waals surface area contributed by atoms with Gasteiger partial charge in [0.15, 0.2) is 0 Å². The Morgan fingerprint density at radius 2 is 2.04 bits per heavy atom. The van der Waals surface area contributed by atoms with Crippen LogP contribution in [0.15, 0.2) is 114 Å². The lowest BCUT2D eigenvalue weighted by Gasteiger charge is -2.27. The van der Waals surface area contributed by atoms with Crippen LogP contribution in [-0.4, -0.2) is 47.2 Å². The molecule has 0 spiro atoms. The van der Waals surface area contributed by atoms with Crippen molar-refractivity contribution in [2.24, 2.45) is 21.8 Å². The molecule has 1 aliphatic carbocycles. The first-order valence-electron chi connectivity index (χ1n) is 16.9. The summed E-state index contributed by atoms with van der Waals surface area (Å²) >= 11 is 3.56. The number of fused-ring (bicyclic) bond motifs is 1. The van der Waals surface area contributed by atoms with E-state index in [2.05, 4.69) is 95.7 Å². The van der Waals surface area contributed by atoms with Crippen LogP contribution >= 0.6 is 33.9 Å². The normalized spacial score (nSPS) is 18.3. The largest absolute Gasteiger partial charge is 0.334 e. The highest BCUT2D eigenvalue weighted by Gasteiger charge is 2.26. The average molecular weight is 813 g/mol. The van der Waals surface area contributed by atoms with Gasteiger partial charge >= 0.3 is 6.03 Å². The Bertz CT molecular complexity index is 1830. The Kier molecular flexibility index (Phi) is 16.3. The zero-order chi connectivity index (χ0) is 36.8. The van der Waals surface area contributed by atoms with Gasteiger partial charge in [0.25, 0.3) is 5.56 Å². The van der Waals surface area contributed by atoms with E-state index in [4.69, 9.17) is 4.99 Å². The number of hydrogen-bond acceptors (Lipinski definition) is 5. The number of thiophene rings is 1. The number of aromatic amines is 1. The van der Waals surface area contributed by atoms with Crippen molar-refractivity contribution in [1.29, 1.82) is 0 Å². The zero-order valence-corrected chi connectivity index (χ0v) is 33.1. The first kappa shape index (κ1) is 40.6. The predicted octanol–water partition coefficient (Wildman–Crippen LogP) is 9.67. The van der Waals surface area contributed by atoms with Crippen molar-refractivity contribution in [3.8, 4) is 0 Å². The van der Waals surface area contributed by atoms with E-state index in [9.17, 15) is 14.0 Å². The fourth-order valence-corrected chi connectivity index (χ4v) is 6.32. The molecule has 0 fully saturated rings. The van der Waals surface area contributed by atoms with Crippen molar-refractivity contribution in [2.75, 3.05) is 13.6 Å². The third kappa shape index (κ3) is 11.9. The maximum atomic E-state index is 13.5. The number of guanidine groups is 1. The van der Waals surface area contributed by atoms with Crippen LogP contribution < -0.4 is 16.2 Å². The number of nitrogens with one attached hydrogen (secondary N) is 3. The second kappa shape index (κ2) is 20.1. The van der Waals surface area contributed by atoms with Crippen LogP contribution in [0, 0.1) is 11.8 Å². The van der Waals surface area contributed by atoms with E-state index < -0.39 is 6.03 Å². The second-order valence-electron chi connectivity index (χ2n) is 12.4. The quantitative estimate of drug-likeness (QED) is 0.0443. The molecular weight excluding hydrogens is 762 g/mol. The molecule has 3 rings (SSSR count). The highest BCUT2D eigenvalue weighted by molar-refractivity contribution is 14.1. The van der Waals surface area contributed by atoms with Crippen LogP contribution in [0.4, 0.5) is 9.18 Å². The van der Waals surface area contributed by atoms with Crippen LogP contribution in [0.25, 0.3) is 10.2 Å². The third-order valence-corrected chi connectivity index (χ3v) is 10.3. The van der Waals surface area contributed by atoms with Crippen LogP contribution in [0.2, 0.25) is 0 Å². The molecule has 0 aromatic carbocycles. The molecule has 3 atom stereocenters. The number of carbonyl (C=O) groups is 1. The third-order valence-electron chi connectivity index (χ3n) is 8.83. The number of carbonyl (C=O) groups excluding carboxylic acids is 1. The molecule has 0 saturated heterocycles. The van der Waals surface area contributed by atoms with E-state index in [0.717, 1.165) is 51.9 Å². The van der Waals surface area contributed by atoms with Crippen molar-refractivity contribution >= 4 is 61.8 Å². The van der Waals surface area contributed by atoms with Gasteiger partial charge in [-0.1, -0.05) is 75.3 Å². The summed E-state index contributed by atoms with van der Waals surface area (Å²) in [6.07, 6.45) is 16.8. The predicted molar refractivity (Wildman–Crippen MR) is 219 cm³/mol. The van der Waals surface area contributed by atoms with E-state index >= 15 is 0 Å². The SMILES string of the molecule is C=C(I)N(CC(/C=C/C(C)=C(\C)CC)=C/C=C/F)C(=NC(C)C1=CC(=NC)C(C=CC(C)CC)C1)NC(=O)NCc1cc2ccsc2[nH]c1=O. The number of aliphatic imine (C=N–C) groups is 2. The van der Waals surface area contributed by atoms with Gasteiger partial charge in [-0.15, -0.1) is 11.3 Å². The minimum absolute atomic E-state index is 0.0181. The summed E-state index contributed by atoms with van der Waals surface area (Å²) in [6, 6.07) is 2.87. The first-order valence-corrected chi connectivity index (χ1v) is 18.9. The Morgan fingerprint density at radius 1 is 1.28 bits per heavy atom. The van der Waals surface area contributed by atoms with Gasteiger partial charge < -0.3 is 15.2 Å². The molecule has 3 unspecified atom stereocenters. The van der Waals surface area contributed by atoms with E-state index in [1.165, 1.54) is 23.0 Å². The van der Waals surface area contributed by atoms with Gasteiger partial charge in [0.2, 0.25) is 5.96 Å². The van der Waals surface area contributed by atoms with E-state index in [1.54, 1.807) is 24.1 Å². The fraction of sp³-hybridized carbons (Fsp3) is 0.385. The molecule has 8 nitrogen and oxygen atoms in total. The maximum absolute atomic E-state index is 13.5. The summed E-state index contributed by atoms with van der Waals surface area (Å²) < 4.78 is 13.8. The molecule has 2 aromatic rings. The smallest absolute Gasteiger partial charge is 0.321 e. The van der Waals surface area contributed by atoms with Gasteiger partial charge in [0, 0.05) is 36.2 Å². The van der Waals surface area contributed by atoms with Crippen molar-refractivity contribution in [2.45, 2.75) is 73.4 Å². The molecule has 0 radical (unpaired) electrons. The minimum Gasteiger partial charge on any atom is -0.334 e. The maximum Gasteiger partial charge on any atom is 0.321 e. The number of hydrogen-bond donors (Lipinski definition) is 3. The number of halogens is 2. The molecule has 11 heteroatoms. The summed E-state index contributed by atoms with van der Waals surface area (Å²) in [4.78, 5) is 41.2. The minimum atomic E-state index is -0.531. The number of amides is 2. The number of aromatic nitrogens is 1. The van der Waals surface area contributed by atoms with Crippen LogP contribution in [0.5, 0.6) is 0 Å². The molecule has 3 N–H and O–H groups in total. The summed E-state index contributed by atoms with van der Waals surface area (Å²) in [5, 5.41) is 8.57. The molecule has 1 aliphatic rings. The van der Waals surface area contributed by atoms with Gasteiger partial charge in [0.05, 0.1) is 22.6 Å². The number of allylic oxidation sites excluding steroid dienone is 8. The van der Waals surface area contributed by atoms with Gasteiger partial charge in [-0.2, -0.15) is 0 Å². The summed E-state index contributed by atoms with van der Waals surface area (Å²) in [5.41, 5.74) is 5.41. The van der Waals surface area contributed by atoms with Gasteiger partial charge in [-0.3, -0.25) is 15.1 Å². The molecule has 50 heavy (non-hydrogen) atoms. The molecule has 2 aromatic heterocycles. The average Bonchev–Trinajstić information content (AvgIpc) is 3.74. The molecule has 2 heterocycles. The monoisotopic (exact) mass is 812 g/mol. The van der Waals surface area contributed by atoms with Crippen LogP contribution in [0.3, 0.4) is 0 Å². The topological polar surface area (TPSA) is 102 Å². The lowest BCUT2D eigenvalue weighted by molar-refractivity contribution is 0.244. The molecular formula is C39H50FIN6O2S. The second-order valence-corrected chi connectivity index (χ2v) is 14.5. The standard InChI is InChI=1S/C39H50FIN6O2S/c1-9-25(3)13-16-31-20-33(22-35(31)42-8)28(6)44-38(46-39(49)43-23-34-21-32-17-19-50-37(32)45-36(34)48)47(29(7)41)24-30(12-11-18-40)15-14-27(5)26(4)10-2/h11-19,21-22,25,28,31H,7,9-10,20,23-24H2,1-6,8H3,(H,45,48)(H2,43,44,46,49)/b15-14+,16-13?,18-11+,27-26+,30-12+,42-35?. The number of urea groups is 1. The lowest BCUT2D eigenvalue weighted by Crippen LogP contribution is -2.48. The first-order chi connectivity index (χ1) is 23.9. The Labute approximate surface area is 313 Å². The Balaban J connectivity index is 1.97. The van der Waals surface area contributed by atoms with Gasteiger partial charge in [-0.25, -0.2) is 14.2 Å². The number of H-pyrrole nitrogens is 1. The Morgan fingerprint density at radius 3 is 2.70 bits per heavy atom. The number of rotatable bonds is 14. The highest BCUT2D eigenvalue weighted by Crippen LogP contribution is 2.29. The van der Waals surface area contributed by atoms with E-state index in [0.29, 0.717) is 21.5 Å².